The topological polar surface area (TPSA) is 50.8 Å². The van der Waals surface area contributed by atoms with E-state index in [1.807, 2.05) is 37.3 Å². The first-order valence-electron chi connectivity index (χ1n) is 14.8. The third-order valence-corrected chi connectivity index (χ3v) is 9.30. The van der Waals surface area contributed by atoms with Gasteiger partial charge in [0.15, 0.2) is 0 Å². The van der Waals surface area contributed by atoms with Gasteiger partial charge in [0, 0.05) is 30.6 Å². The molecule has 1 N–H and O–H groups in total. The van der Waals surface area contributed by atoms with Gasteiger partial charge >= 0.3 is 0 Å². The van der Waals surface area contributed by atoms with Crippen molar-refractivity contribution in [3.05, 3.63) is 99.1 Å². The van der Waals surface area contributed by atoms with Crippen LogP contribution in [0.1, 0.15) is 47.1 Å². The molecule has 2 atom stereocenters. The fraction of sp³-hybridized carbons (Fsp3) is 0.400. The number of para-hydroxylation sites is 1. The highest BCUT2D eigenvalue weighted by Crippen LogP contribution is 2.46. The number of nitrogens with one attached hydrogen (secondary N) is 1. The highest BCUT2D eigenvalue weighted by molar-refractivity contribution is 6.32. The van der Waals surface area contributed by atoms with Gasteiger partial charge in [0.1, 0.15) is 24.7 Å². The number of hydrogen-bond acceptors (Lipinski definition) is 4. The van der Waals surface area contributed by atoms with Crippen LogP contribution in [0.4, 0.5) is 0 Å². The number of carbonyl (C=O) groups excluding carboxylic acids is 1. The summed E-state index contributed by atoms with van der Waals surface area (Å²) in [6.07, 6.45) is 3.13. The number of halogens is 1. The summed E-state index contributed by atoms with van der Waals surface area (Å²) in [5.74, 6) is 2.48. The monoisotopic (exact) mass is 570 g/mol. The van der Waals surface area contributed by atoms with E-state index in [-0.39, 0.29) is 11.8 Å². The highest BCUT2D eigenvalue weighted by Gasteiger charge is 2.44. The van der Waals surface area contributed by atoms with Gasteiger partial charge in [-0.15, -0.1) is 0 Å². The minimum Gasteiger partial charge on any atom is -0.490 e. The minimum absolute atomic E-state index is 0.229. The molecule has 6 rings (SSSR count). The van der Waals surface area contributed by atoms with Crippen LogP contribution in [0.2, 0.25) is 5.02 Å². The molecule has 1 saturated carbocycles. The third-order valence-electron chi connectivity index (χ3n) is 9.00. The summed E-state index contributed by atoms with van der Waals surface area (Å²) in [5, 5.41) is 4.15. The van der Waals surface area contributed by atoms with E-state index in [9.17, 15) is 4.79 Å². The molecule has 3 aromatic carbocycles. The van der Waals surface area contributed by atoms with Gasteiger partial charge in [-0.25, -0.2) is 0 Å². The average molecular weight is 571 g/mol. The number of amides is 1. The number of nitrogens with zero attached hydrogens (tertiary/aromatic N) is 1. The van der Waals surface area contributed by atoms with Gasteiger partial charge in [-0.2, -0.15) is 0 Å². The predicted octanol–water partition coefficient (Wildman–Crippen LogP) is 6.91. The molecule has 3 aromatic rings. The van der Waals surface area contributed by atoms with E-state index in [0.29, 0.717) is 42.5 Å². The van der Waals surface area contributed by atoms with Crippen molar-refractivity contribution < 1.29 is 14.3 Å². The first-order valence-corrected chi connectivity index (χ1v) is 15.2. The highest BCUT2D eigenvalue weighted by atomic mass is 35.5. The Bertz CT molecular complexity index is 1440. The van der Waals surface area contributed by atoms with Gasteiger partial charge < -0.3 is 19.7 Å². The smallest absolute Gasteiger partial charge is 0.250 e. The fourth-order valence-electron chi connectivity index (χ4n) is 6.37. The fourth-order valence-corrected chi connectivity index (χ4v) is 6.65. The Morgan fingerprint density at radius 1 is 0.927 bits per heavy atom. The second kappa shape index (κ2) is 11.9. The SMILES string of the molecule is Cc1cccc(CN(C(=O)C2=C(c3ccc(OCCOc4c(C)cccc4Cl)cc3)C[C@H]3CNC[C@@H]23)C2CC2)c1C. The van der Waals surface area contributed by atoms with Crippen LogP contribution in [0.15, 0.2) is 66.2 Å². The van der Waals surface area contributed by atoms with E-state index in [4.69, 9.17) is 21.1 Å². The Hall–Kier alpha value is -3.28. The van der Waals surface area contributed by atoms with Crippen LogP contribution in [0, 0.1) is 32.6 Å². The molecule has 0 bridgehead atoms. The molecule has 0 spiro atoms. The van der Waals surface area contributed by atoms with Gasteiger partial charge in [0.2, 0.25) is 0 Å². The van der Waals surface area contributed by atoms with Crippen LogP contribution >= 0.6 is 11.6 Å². The average Bonchev–Trinajstić information content (AvgIpc) is 3.59. The van der Waals surface area contributed by atoms with Crippen molar-refractivity contribution in [3.63, 3.8) is 0 Å². The van der Waals surface area contributed by atoms with Gasteiger partial charge in [0.25, 0.3) is 5.91 Å². The Balaban J connectivity index is 1.18. The van der Waals surface area contributed by atoms with Gasteiger partial charge in [0.05, 0.1) is 5.02 Å². The lowest BCUT2D eigenvalue weighted by Gasteiger charge is -2.27. The molecular weight excluding hydrogens is 532 g/mol. The number of fused-ring (bicyclic) bond motifs is 1. The lowest BCUT2D eigenvalue weighted by molar-refractivity contribution is -0.128. The lowest BCUT2D eigenvalue weighted by atomic mass is 9.93. The summed E-state index contributed by atoms with van der Waals surface area (Å²) in [5.41, 5.74) is 8.18. The standard InChI is InChI=1S/C35H39ClN2O3/c1-22-6-4-8-26(24(22)3)21-38(28-12-13-28)35(39)33-30(18-27-19-37-20-31(27)33)25-10-14-29(15-11-25)40-16-17-41-34-23(2)7-5-9-32(34)36/h4-11,14-15,27-28,31,37H,12-13,16-21H2,1-3H3/t27-,31+/m0/s1. The molecule has 2 fully saturated rings. The molecule has 1 aliphatic heterocycles. The van der Waals surface area contributed by atoms with Crippen molar-refractivity contribution in [2.75, 3.05) is 26.3 Å². The maximum Gasteiger partial charge on any atom is 0.250 e. The van der Waals surface area contributed by atoms with E-state index in [1.165, 1.54) is 22.3 Å². The molecule has 2 aliphatic carbocycles. The van der Waals surface area contributed by atoms with Crippen LogP contribution in [0.5, 0.6) is 11.5 Å². The number of allylic oxidation sites excluding steroid dienone is 1. The van der Waals surface area contributed by atoms with Crippen LogP contribution < -0.4 is 14.8 Å². The van der Waals surface area contributed by atoms with Crippen LogP contribution in [-0.2, 0) is 11.3 Å². The minimum atomic E-state index is 0.229. The van der Waals surface area contributed by atoms with E-state index in [0.717, 1.165) is 54.8 Å². The Morgan fingerprint density at radius 2 is 1.66 bits per heavy atom. The maximum absolute atomic E-state index is 14.4. The molecule has 3 aliphatic rings. The van der Waals surface area contributed by atoms with Crippen molar-refractivity contribution in [3.8, 4) is 11.5 Å². The van der Waals surface area contributed by atoms with E-state index in [1.54, 1.807) is 0 Å². The van der Waals surface area contributed by atoms with Gasteiger partial charge in [-0.3, -0.25) is 4.79 Å². The molecular formula is C35H39ClN2O3. The number of ether oxygens (including phenoxy) is 2. The van der Waals surface area contributed by atoms with E-state index >= 15 is 0 Å². The largest absolute Gasteiger partial charge is 0.490 e. The van der Waals surface area contributed by atoms with Crippen LogP contribution in [0.25, 0.3) is 5.57 Å². The van der Waals surface area contributed by atoms with E-state index < -0.39 is 0 Å². The summed E-state index contributed by atoms with van der Waals surface area (Å²) in [6, 6.07) is 20.7. The summed E-state index contributed by atoms with van der Waals surface area (Å²) < 4.78 is 11.8. The molecule has 0 unspecified atom stereocenters. The molecule has 1 saturated heterocycles. The number of rotatable bonds is 10. The molecule has 5 nitrogen and oxygen atoms in total. The normalized spacial score (nSPS) is 19.8. The third kappa shape index (κ3) is 5.89. The second-order valence-electron chi connectivity index (χ2n) is 11.8. The molecule has 1 amide bonds. The van der Waals surface area contributed by atoms with Crippen LogP contribution in [0.3, 0.4) is 0 Å². The summed E-state index contributed by atoms with van der Waals surface area (Å²) in [7, 11) is 0. The van der Waals surface area contributed by atoms with E-state index in [2.05, 4.69) is 54.4 Å². The number of carbonyl (C=O) groups is 1. The first kappa shape index (κ1) is 27.9. The van der Waals surface area contributed by atoms with Crippen molar-refractivity contribution in [2.24, 2.45) is 11.8 Å². The first-order chi connectivity index (χ1) is 19.9. The quantitative estimate of drug-likeness (QED) is 0.269. The number of hydrogen-bond donors (Lipinski definition) is 1. The zero-order valence-electron chi connectivity index (χ0n) is 24.2. The summed E-state index contributed by atoms with van der Waals surface area (Å²) >= 11 is 6.27. The maximum atomic E-state index is 14.4. The van der Waals surface area contributed by atoms with Crippen molar-refractivity contribution in [1.29, 1.82) is 0 Å². The van der Waals surface area contributed by atoms with Crippen molar-refractivity contribution in [1.82, 2.24) is 10.2 Å². The Kier molecular flexibility index (Phi) is 8.10. The summed E-state index contributed by atoms with van der Waals surface area (Å²) in [6.45, 7) is 9.65. The van der Waals surface area contributed by atoms with Crippen molar-refractivity contribution >= 4 is 23.1 Å². The second-order valence-corrected chi connectivity index (χ2v) is 12.2. The van der Waals surface area contributed by atoms with Crippen LogP contribution in [-0.4, -0.2) is 43.2 Å². The molecule has 0 aromatic heterocycles. The zero-order chi connectivity index (χ0) is 28.5. The Labute approximate surface area is 248 Å². The summed E-state index contributed by atoms with van der Waals surface area (Å²) in [4.78, 5) is 16.5. The van der Waals surface area contributed by atoms with Crippen molar-refractivity contribution in [2.45, 2.75) is 52.6 Å². The molecule has 1 heterocycles. The zero-order valence-corrected chi connectivity index (χ0v) is 25.0. The lowest BCUT2D eigenvalue weighted by Crippen LogP contribution is -2.36. The van der Waals surface area contributed by atoms with Gasteiger partial charge in [-0.05, 0) is 104 Å². The molecule has 214 valence electrons. The molecule has 0 radical (unpaired) electrons. The Morgan fingerprint density at radius 3 is 2.41 bits per heavy atom. The number of benzene rings is 3. The predicted molar refractivity (Wildman–Crippen MR) is 164 cm³/mol. The van der Waals surface area contributed by atoms with Gasteiger partial charge in [-0.1, -0.05) is 54.1 Å². The number of aryl methyl sites for hydroxylation is 2. The molecule has 41 heavy (non-hydrogen) atoms. The molecule has 6 heteroatoms.